The average molecular weight is 468 g/mol. The molecular weight excluding hydrogens is 434 g/mol. The van der Waals surface area contributed by atoms with E-state index in [4.69, 9.17) is 24.3 Å². The number of aliphatic hydroxyl groups excluding tert-OH is 1. The van der Waals surface area contributed by atoms with Crippen LogP contribution in [0.1, 0.15) is 30.4 Å². The Morgan fingerprint density at radius 1 is 1.15 bits per heavy atom. The summed E-state index contributed by atoms with van der Waals surface area (Å²) in [6, 6.07) is 17.3. The van der Waals surface area contributed by atoms with E-state index in [-0.39, 0.29) is 19.1 Å². The molecule has 0 fully saturated rings. The topological polar surface area (TPSA) is 101 Å². The van der Waals surface area contributed by atoms with Gasteiger partial charge in [-0.15, -0.1) is 0 Å². The maximum Gasteiger partial charge on any atom is 0.266 e. The minimum atomic E-state index is -1.08. The Labute approximate surface area is 200 Å². The summed E-state index contributed by atoms with van der Waals surface area (Å²) in [5, 5.41) is 8.88. The van der Waals surface area contributed by atoms with Crippen molar-refractivity contribution < 1.29 is 24.1 Å². The molecule has 3 rings (SSSR count). The smallest absolute Gasteiger partial charge is 0.266 e. The van der Waals surface area contributed by atoms with E-state index in [1.54, 1.807) is 7.11 Å². The van der Waals surface area contributed by atoms with E-state index in [1.807, 2.05) is 66.7 Å². The molecule has 2 aromatic rings. The highest BCUT2D eigenvalue weighted by Gasteiger charge is 2.43. The number of nitrogens with one attached hydrogen (secondary N) is 2. The summed E-state index contributed by atoms with van der Waals surface area (Å²) in [4.78, 5) is 17.9. The lowest BCUT2D eigenvalue weighted by Crippen LogP contribution is -2.51. The van der Waals surface area contributed by atoms with Crippen LogP contribution in [0, 0.1) is 0 Å². The minimum absolute atomic E-state index is 0.0901. The molecule has 2 aromatic carbocycles. The Morgan fingerprint density at radius 3 is 2.68 bits per heavy atom. The number of hydrogen-bond donors (Lipinski definition) is 3. The summed E-state index contributed by atoms with van der Waals surface area (Å²) < 4.78 is 16.5. The summed E-state index contributed by atoms with van der Waals surface area (Å²) >= 11 is 0. The van der Waals surface area contributed by atoms with E-state index in [1.165, 1.54) is 0 Å². The van der Waals surface area contributed by atoms with Gasteiger partial charge in [-0.3, -0.25) is 10.2 Å². The first-order chi connectivity index (χ1) is 16.7. The number of rotatable bonds is 14. The zero-order valence-electron chi connectivity index (χ0n) is 19.5. The monoisotopic (exact) mass is 467 g/mol. The number of aliphatic imine (C=N–C) groups is 1. The second-order valence-electron chi connectivity index (χ2n) is 7.93. The Morgan fingerprint density at radius 2 is 1.94 bits per heavy atom. The van der Waals surface area contributed by atoms with Gasteiger partial charge < -0.3 is 19.3 Å². The van der Waals surface area contributed by atoms with E-state index in [0.717, 1.165) is 17.5 Å². The van der Waals surface area contributed by atoms with Gasteiger partial charge in [0, 0.05) is 45.3 Å². The van der Waals surface area contributed by atoms with Gasteiger partial charge in [0.05, 0.1) is 6.61 Å². The molecule has 0 aromatic heterocycles. The number of carbonyl (C=O) groups excluding carboxylic acids is 1. The normalized spacial score (nSPS) is 17.4. The zero-order chi connectivity index (χ0) is 24.1. The largest absolute Gasteiger partial charge is 0.494 e. The molecule has 1 amide bonds. The van der Waals surface area contributed by atoms with Gasteiger partial charge >= 0.3 is 0 Å². The van der Waals surface area contributed by atoms with Crippen LogP contribution in [0.3, 0.4) is 0 Å². The standard InChI is InChI=1S/C26H33N3O5/c1-32-18-6-16-27-29-25(31)26(15-5-10-21-8-3-2-4-9-21)20-34-24(28-26)22-11-13-23(14-12-22)33-19-7-17-30/h2-5,8-14,27,30H,6-7,15-20H2,1H3,(H,29,31)/b10-5+/t26-/m0/s1. The van der Waals surface area contributed by atoms with E-state index >= 15 is 0 Å². The fourth-order valence-corrected chi connectivity index (χ4v) is 3.37. The van der Waals surface area contributed by atoms with Crippen LogP contribution >= 0.6 is 0 Å². The van der Waals surface area contributed by atoms with Crippen molar-refractivity contribution in [1.29, 1.82) is 0 Å². The van der Waals surface area contributed by atoms with E-state index in [2.05, 4.69) is 10.9 Å². The van der Waals surface area contributed by atoms with Crippen molar-refractivity contribution in [2.24, 2.45) is 4.99 Å². The highest BCUT2D eigenvalue weighted by atomic mass is 16.5. The molecule has 0 radical (unpaired) electrons. The lowest BCUT2D eigenvalue weighted by Gasteiger charge is -2.21. The van der Waals surface area contributed by atoms with E-state index in [9.17, 15) is 4.79 Å². The van der Waals surface area contributed by atoms with Crippen molar-refractivity contribution in [2.75, 3.05) is 40.1 Å². The molecule has 3 N–H and O–H groups in total. The maximum absolute atomic E-state index is 13.2. The fraction of sp³-hybridized carbons (Fsp3) is 0.385. The Hall–Kier alpha value is -3.20. The summed E-state index contributed by atoms with van der Waals surface area (Å²) in [7, 11) is 1.65. The Balaban J connectivity index is 1.72. The third-order valence-electron chi connectivity index (χ3n) is 5.28. The van der Waals surface area contributed by atoms with Gasteiger partial charge in [-0.05, 0) is 36.2 Å². The summed E-state index contributed by atoms with van der Waals surface area (Å²) in [5.41, 5.74) is 6.47. The number of methoxy groups -OCH3 is 1. The van der Waals surface area contributed by atoms with Gasteiger partial charge in [0.1, 0.15) is 12.4 Å². The predicted octanol–water partition coefficient (Wildman–Crippen LogP) is 2.72. The van der Waals surface area contributed by atoms with E-state index < -0.39 is 5.54 Å². The molecule has 0 bridgehead atoms. The van der Waals surface area contributed by atoms with Crippen LogP contribution in [-0.2, 0) is 14.3 Å². The maximum atomic E-state index is 13.2. The van der Waals surface area contributed by atoms with Gasteiger partial charge in [-0.1, -0.05) is 42.5 Å². The number of ether oxygens (including phenoxy) is 3. The van der Waals surface area contributed by atoms with Gasteiger partial charge in [0.2, 0.25) is 5.90 Å². The average Bonchev–Trinajstić information content (AvgIpc) is 3.31. The molecule has 0 spiro atoms. The highest BCUT2D eigenvalue weighted by Crippen LogP contribution is 2.27. The van der Waals surface area contributed by atoms with Gasteiger partial charge in [-0.25, -0.2) is 10.4 Å². The fourth-order valence-electron chi connectivity index (χ4n) is 3.37. The lowest BCUT2D eigenvalue weighted by atomic mass is 9.95. The van der Waals surface area contributed by atoms with Crippen molar-refractivity contribution in [2.45, 2.75) is 24.8 Å². The van der Waals surface area contributed by atoms with Crippen LogP contribution in [0.5, 0.6) is 5.75 Å². The molecule has 1 atom stereocenters. The third kappa shape index (κ3) is 7.41. The summed E-state index contributed by atoms with van der Waals surface area (Å²) in [5.74, 6) is 0.872. The molecule has 8 heteroatoms. The van der Waals surface area contributed by atoms with E-state index in [0.29, 0.717) is 44.2 Å². The first-order valence-corrected chi connectivity index (χ1v) is 11.5. The lowest BCUT2D eigenvalue weighted by molar-refractivity contribution is -0.127. The molecule has 0 aliphatic carbocycles. The SMILES string of the molecule is COCCCNNC(=O)[C@]1(C/C=C/c2ccccc2)COC(c2ccc(OCCCO)cc2)=N1. The molecule has 8 nitrogen and oxygen atoms in total. The number of benzene rings is 2. The predicted molar refractivity (Wildman–Crippen MR) is 132 cm³/mol. The van der Waals surface area contributed by atoms with Crippen molar-refractivity contribution in [3.63, 3.8) is 0 Å². The van der Waals surface area contributed by atoms with Crippen molar-refractivity contribution in [3.8, 4) is 5.75 Å². The number of amides is 1. The van der Waals surface area contributed by atoms with Crippen LogP contribution < -0.4 is 15.6 Å². The molecule has 182 valence electrons. The van der Waals surface area contributed by atoms with Crippen molar-refractivity contribution in [3.05, 3.63) is 71.8 Å². The molecule has 0 unspecified atom stereocenters. The Kier molecular flexibility index (Phi) is 10.1. The number of carbonyl (C=O) groups is 1. The quantitative estimate of drug-likeness (QED) is 0.292. The van der Waals surface area contributed by atoms with Crippen molar-refractivity contribution >= 4 is 17.9 Å². The van der Waals surface area contributed by atoms with Crippen LogP contribution in [0.2, 0.25) is 0 Å². The van der Waals surface area contributed by atoms with Crippen molar-refractivity contribution in [1.82, 2.24) is 10.9 Å². The second-order valence-corrected chi connectivity index (χ2v) is 7.93. The van der Waals surface area contributed by atoms with Gasteiger partial charge in [-0.2, -0.15) is 0 Å². The minimum Gasteiger partial charge on any atom is -0.494 e. The third-order valence-corrected chi connectivity index (χ3v) is 5.28. The number of hydrazine groups is 1. The number of nitrogens with zero attached hydrogens (tertiary/aromatic N) is 1. The first kappa shape index (κ1) is 25.4. The summed E-state index contributed by atoms with van der Waals surface area (Å²) in [6.45, 7) is 1.87. The van der Waals surface area contributed by atoms with Crippen LogP contribution in [0.15, 0.2) is 65.7 Å². The second kappa shape index (κ2) is 13.5. The number of hydrogen-bond acceptors (Lipinski definition) is 7. The molecular formula is C26H33N3O5. The molecule has 34 heavy (non-hydrogen) atoms. The molecule has 1 aliphatic heterocycles. The van der Waals surface area contributed by atoms with Crippen LogP contribution in [0.25, 0.3) is 6.08 Å². The zero-order valence-corrected chi connectivity index (χ0v) is 19.5. The van der Waals surface area contributed by atoms with Gasteiger partial charge in [0.15, 0.2) is 5.54 Å². The molecule has 1 heterocycles. The molecule has 0 saturated carbocycles. The molecule has 1 aliphatic rings. The Bertz CT molecular complexity index is 947. The molecule has 0 saturated heterocycles. The first-order valence-electron chi connectivity index (χ1n) is 11.5. The summed E-state index contributed by atoms with van der Waals surface area (Å²) in [6.07, 6.45) is 5.67. The van der Waals surface area contributed by atoms with Crippen LogP contribution in [-0.4, -0.2) is 62.5 Å². The van der Waals surface area contributed by atoms with Crippen LogP contribution in [0.4, 0.5) is 0 Å². The highest BCUT2D eigenvalue weighted by molar-refractivity contribution is 6.00. The van der Waals surface area contributed by atoms with Gasteiger partial charge in [0.25, 0.3) is 5.91 Å². The number of aliphatic hydroxyl groups is 1.